The monoisotopic (exact) mass is 328 g/mol. The van der Waals surface area contributed by atoms with E-state index >= 15 is 0 Å². The maximum Gasteiger partial charge on any atom is 0.202 e. The number of carbonyl (C=O) groups is 2. The van der Waals surface area contributed by atoms with Crippen molar-refractivity contribution in [3.05, 3.63) is 52.6 Å². The SMILES string of the molecule is CCOCCOc1cccc2c1C(=O)c1c(O)ccc(O)c1C2=O. The van der Waals surface area contributed by atoms with Crippen molar-refractivity contribution in [2.24, 2.45) is 0 Å². The van der Waals surface area contributed by atoms with Crippen LogP contribution >= 0.6 is 0 Å². The summed E-state index contributed by atoms with van der Waals surface area (Å²) in [5, 5.41) is 19.9. The van der Waals surface area contributed by atoms with E-state index in [0.717, 1.165) is 0 Å². The first kappa shape index (κ1) is 16.0. The second-order valence-electron chi connectivity index (χ2n) is 5.24. The van der Waals surface area contributed by atoms with Gasteiger partial charge < -0.3 is 19.7 Å². The maximum absolute atomic E-state index is 12.8. The maximum atomic E-state index is 12.8. The molecule has 0 radical (unpaired) electrons. The molecular formula is C18H16O6. The number of fused-ring (bicyclic) bond motifs is 2. The van der Waals surface area contributed by atoms with Crippen molar-refractivity contribution < 1.29 is 29.3 Å². The molecule has 6 nitrogen and oxygen atoms in total. The van der Waals surface area contributed by atoms with E-state index < -0.39 is 11.6 Å². The van der Waals surface area contributed by atoms with Gasteiger partial charge in [-0.1, -0.05) is 12.1 Å². The average Bonchev–Trinajstić information content (AvgIpc) is 2.58. The molecule has 0 aromatic heterocycles. The summed E-state index contributed by atoms with van der Waals surface area (Å²) in [6.07, 6.45) is 0. The van der Waals surface area contributed by atoms with Gasteiger partial charge in [0.15, 0.2) is 5.78 Å². The van der Waals surface area contributed by atoms with E-state index in [4.69, 9.17) is 9.47 Å². The number of carbonyl (C=O) groups excluding carboxylic acids is 2. The molecule has 0 heterocycles. The molecule has 0 aliphatic heterocycles. The Kier molecular flexibility index (Phi) is 4.22. The van der Waals surface area contributed by atoms with Crippen molar-refractivity contribution in [1.29, 1.82) is 0 Å². The minimum Gasteiger partial charge on any atom is -0.507 e. The van der Waals surface area contributed by atoms with Crippen molar-refractivity contribution in [3.8, 4) is 17.2 Å². The summed E-state index contributed by atoms with van der Waals surface area (Å²) in [5.41, 5.74) is -0.151. The van der Waals surface area contributed by atoms with Gasteiger partial charge in [-0.15, -0.1) is 0 Å². The summed E-state index contributed by atoms with van der Waals surface area (Å²) in [6, 6.07) is 7.05. The number of ketones is 2. The Morgan fingerprint density at radius 3 is 2.21 bits per heavy atom. The molecule has 3 rings (SSSR count). The Morgan fingerprint density at radius 1 is 0.875 bits per heavy atom. The fourth-order valence-electron chi connectivity index (χ4n) is 2.73. The lowest BCUT2D eigenvalue weighted by atomic mass is 9.82. The third-order valence-electron chi connectivity index (χ3n) is 3.80. The quantitative estimate of drug-likeness (QED) is 0.551. The van der Waals surface area contributed by atoms with Gasteiger partial charge >= 0.3 is 0 Å². The Labute approximate surface area is 138 Å². The van der Waals surface area contributed by atoms with E-state index in [1.165, 1.54) is 18.2 Å². The summed E-state index contributed by atoms with van der Waals surface area (Å²) in [4.78, 5) is 25.5. The van der Waals surface area contributed by atoms with Gasteiger partial charge in [-0.2, -0.15) is 0 Å². The van der Waals surface area contributed by atoms with Crippen LogP contribution in [0.1, 0.15) is 38.8 Å². The highest BCUT2D eigenvalue weighted by molar-refractivity contribution is 6.31. The van der Waals surface area contributed by atoms with Crippen molar-refractivity contribution in [3.63, 3.8) is 0 Å². The van der Waals surface area contributed by atoms with Gasteiger partial charge in [0, 0.05) is 12.2 Å². The lowest BCUT2D eigenvalue weighted by Gasteiger charge is -2.21. The van der Waals surface area contributed by atoms with Gasteiger partial charge in [-0.05, 0) is 25.1 Å². The minimum atomic E-state index is -0.556. The topological polar surface area (TPSA) is 93.1 Å². The van der Waals surface area contributed by atoms with E-state index in [1.807, 2.05) is 6.92 Å². The van der Waals surface area contributed by atoms with E-state index in [9.17, 15) is 19.8 Å². The number of hydrogen-bond acceptors (Lipinski definition) is 6. The average molecular weight is 328 g/mol. The predicted molar refractivity (Wildman–Crippen MR) is 85.1 cm³/mol. The van der Waals surface area contributed by atoms with E-state index in [-0.39, 0.29) is 46.1 Å². The Bertz CT molecular complexity index is 824. The number of benzene rings is 2. The summed E-state index contributed by atoms with van der Waals surface area (Å²) >= 11 is 0. The highest BCUT2D eigenvalue weighted by Crippen LogP contribution is 2.40. The van der Waals surface area contributed by atoms with Crippen molar-refractivity contribution in [1.82, 2.24) is 0 Å². The van der Waals surface area contributed by atoms with Crippen LogP contribution in [0.2, 0.25) is 0 Å². The molecule has 1 aliphatic carbocycles. The Balaban J connectivity index is 2.07. The molecule has 0 bridgehead atoms. The lowest BCUT2D eigenvalue weighted by Crippen LogP contribution is -2.22. The molecule has 124 valence electrons. The number of aromatic hydroxyl groups is 2. The molecule has 2 aromatic rings. The summed E-state index contributed by atoms with van der Waals surface area (Å²) < 4.78 is 10.8. The van der Waals surface area contributed by atoms with Crippen LogP contribution in [-0.2, 0) is 4.74 Å². The number of hydrogen-bond donors (Lipinski definition) is 2. The summed E-state index contributed by atoms with van der Waals surface area (Å²) in [5.74, 6) is -1.52. The molecule has 0 amide bonds. The zero-order valence-corrected chi connectivity index (χ0v) is 13.0. The van der Waals surface area contributed by atoms with Gasteiger partial charge in [0.2, 0.25) is 5.78 Å². The van der Waals surface area contributed by atoms with Crippen LogP contribution in [0, 0.1) is 0 Å². The molecule has 0 atom stereocenters. The highest BCUT2D eigenvalue weighted by atomic mass is 16.5. The van der Waals surface area contributed by atoms with Crippen LogP contribution < -0.4 is 4.74 Å². The third-order valence-corrected chi connectivity index (χ3v) is 3.80. The van der Waals surface area contributed by atoms with Gasteiger partial charge in [-0.25, -0.2) is 0 Å². The Morgan fingerprint density at radius 2 is 1.54 bits per heavy atom. The Hall–Kier alpha value is -2.86. The molecular weight excluding hydrogens is 312 g/mol. The molecule has 0 fully saturated rings. The van der Waals surface area contributed by atoms with Crippen LogP contribution in [0.4, 0.5) is 0 Å². The normalized spacial score (nSPS) is 12.7. The van der Waals surface area contributed by atoms with Crippen molar-refractivity contribution in [2.45, 2.75) is 6.92 Å². The number of phenolic OH excluding ortho intramolecular Hbond substituents is 2. The van der Waals surface area contributed by atoms with E-state index in [0.29, 0.717) is 13.2 Å². The largest absolute Gasteiger partial charge is 0.507 e. The minimum absolute atomic E-state index is 0.0902. The van der Waals surface area contributed by atoms with Crippen LogP contribution in [0.3, 0.4) is 0 Å². The van der Waals surface area contributed by atoms with Gasteiger partial charge in [0.25, 0.3) is 0 Å². The molecule has 0 unspecified atom stereocenters. The summed E-state index contributed by atoms with van der Waals surface area (Å²) in [7, 11) is 0. The smallest absolute Gasteiger partial charge is 0.202 e. The van der Waals surface area contributed by atoms with Crippen LogP contribution in [0.5, 0.6) is 17.2 Å². The van der Waals surface area contributed by atoms with Gasteiger partial charge in [0.05, 0.1) is 23.3 Å². The lowest BCUT2D eigenvalue weighted by molar-refractivity contribution is 0.0959. The van der Waals surface area contributed by atoms with Crippen LogP contribution in [0.15, 0.2) is 30.3 Å². The zero-order valence-electron chi connectivity index (χ0n) is 13.0. The van der Waals surface area contributed by atoms with E-state index in [1.54, 1.807) is 12.1 Å². The molecule has 0 spiro atoms. The highest BCUT2D eigenvalue weighted by Gasteiger charge is 2.36. The third kappa shape index (κ3) is 2.51. The number of phenols is 2. The number of rotatable bonds is 5. The van der Waals surface area contributed by atoms with Crippen LogP contribution in [-0.4, -0.2) is 41.6 Å². The zero-order chi connectivity index (χ0) is 17.3. The molecule has 6 heteroatoms. The molecule has 2 aromatic carbocycles. The predicted octanol–water partition coefficient (Wildman–Crippen LogP) is 2.29. The fourth-order valence-corrected chi connectivity index (χ4v) is 2.73. The molecule has 2 N–H and O–H groups in total. The molecule has 0 saturated heterocycles. The first-order chi connectivity index (χ1) is 11.6. The van der Waals surface area contributed by atoms with Crippen LogP contribution in [0.25, 0.3) is 0 Å². The van der Waals surface area contributed by atoms with Crippen molar-refractivity contribution in [2.75, 3.05) is 19.8 Å². The van der Waals surface area contributed by atoms with E-state index in [2.05, 4.69) is 0 Å². The second-order valence-corrected chi connectivity index (χ2v) is 5.24. The first-order valence-electron chi connectivity index (χ1n) is 7.54. The first-order valence-corrected chi connectivity index (χ1v) is 7.54. The van der Waals surface area contributed by atoms with Crippen molar-refractivity contribution >= 4 is 11.6 Å². The molecule has 24 heavy (non-hydrogen) atoms. The standard InChI is InChI=1S/C18H16O6/c1-2-23-8-9-24-13-5-3-4-10-14(13)18(22)16-12(20)7-6-11(19)15(16)17(10)21/h3-7,19-20H,2,8-9H2,1H3. The second kappa shape index (κ2) is 6.33. The molecule has 1 aliphatic rings. The summed E-state index contributed by atoms with van der Waals surface area (Å²) in [6.45, 7) is 2.99. The number of ether oxygens (including phenoxy) is 2. The van der Waals surface area contributed by atoms with Gasteiger partial charge in [0.1, 0.15) is 23.9 Å². The van der Waals surface area contributed by atoms with Gasteiger partial charge in [-0.3, -0.25) is 9.59 Å². The fraction of sp³-hybridized carbons (Fsp3) is 0.222. The molecule has 0 saturated carbocycles.